The van der Waals surface area contributed by atoms with Gasteiger partial charge in [-0.1, -0.05) is 30.3 Å². The zero-order chi connectivity index (χ0) is 25.0. The maximum absolute atomic E-state index is 13.2. The Balaban J connectivity index is 1.33. The number of alkyl halides is 3. The topological polar surface area (TPSA) is 67.3 Å². The van der Waals surface area contributed by atoms with Gasteiger partial charge in [-0.2, -0.15) is 13.2 Å². The third kappa shape index (κ3) is 5.90. The maximum atomic E-state index is 13.2. The number of rotatable bonds is 6. The molecule has 0 spiro atoms. The summed E-state index contributed by atoms with van der Waals surface area (Å²) in [6.45, 7) is 5.04. The first kappa shape index (κ1) is 24.5. The first-order valence-corrected chi connectivity index (χ1v) is 11.5. The van der Waals surface area contributed by atoms with Crippen LogP contribution in [0.25, 0.3) is 0 Å². The van der Waals surface area contributed by atoms with Crippen molar-refractivity contribution in [3.05, 3.63) is 77.1 Å². The van der Waals surface area contributed by atoms with E-state index in [0.717, 1.165) is 22.9 Å². The lowest BCUT2D eigenvalue weighted by Crippen LogP contribution is -2.40. The van der Waals surface area contributed by atoms with E-state index in [9.17, 15) is 18.0 Å². The zero-order valence-electron chi connectivity index (χ0n) is 19.6. The Morgan fingerprint density at radius 2 is 1.83 bits per heavy atom. The van der Waals surface area contributed by atoms with Gasteiger partial charge in [-0.3, -0.25) is 4.79 Å². The molecule has 0 saturated carbocycles. The highest BCUT2D eigenvalue weighted by molar-refractivity contribution is 5.79. The number of hydrogen-bond acceptors (Lipinski definition) is 5. The zero-order valence-corrected chi connectivity index (χ0v) is 19.6. The third-order valence-electron chi connectivity index (χ3n) is 6.36. The van der Waals surface area contributed by atoms with E-state index in [-0.39, 0.29) is 23.9 Å². The molecule has 1 N–H and O–H groups in total. The summed E-state index contributed by atoms with van der Waals surface area (Å²) < 4.78 is 45.5. The number of anilines is 1. The number of hydrogen-bond donors (Lipinski definition) is 1. The molecule has 1 saturated heterocycles. The van der Waals surface area contributed by atoms with E-state index in [0.29, 0.717) is 37.6 Å². The van der Waals surface area contributed by atoms with Crippen molar-refractivity contribution in [2.24, 2.45) is 5.92 Å². The van der Waals surface area contributed by atoms with Crippen LogP contribution in [0.1, 0.15) is 35.1 Å². The van der Waals surface area contributed by atoms with Crippen molar-refractivity contribution in [3.8, 4) is 11.6 Å². The van der Waals surface area contributed by atoms with Crippen molar-refractivity contribution in [2.75, 3.05) is 18.0 Å². The largest absolute Gasteiger partial charge is 0.439 e. The van der Waals surface area contributed by atoms with Gasteiger partial charge in [0.25, 0.3) is 0 Å². The summed E-state index contributed by atoms with van der Waals surface area (Å²) in [6.07, 6.45) is -1.86. The summed E-state index contributed by atoms with van der Waals surface area (Å²) in [5.74, 6) is 1.38. The smallest absolute Gasteiger partial charge is 0.416 e. The van der Waals surface area contributed by atoms with Crippen molar-refractivity contribution in [2.45, 2.75) is 39.4 Å². The van der Waals surface area contributed by atoms with Gasteiger partial charge in [0.05, 0.1) is 5.56 Å². The summed E-state index contributed by atoms with van der Waals surface area (Å²) in [6, 6.07) is 12.9. The highest BCUT2D eigenvalue weighted by atomic mass is 19.4. The van der Waals surface area contributed by atoms with Gasteiger partial charge in [0.2, 0.25) is 11.8 Å². The van der Waals surface area contributed by atoms with Gasteiger partial charge in [0, 0.05) is 31.6 Å². The number of nitrogens with zero attached hydrogens (tertiary/aromatic N) is 3. The normalized spacial score (nSPS) is 14.6. The van der Waals surface area contributed by atoms with Gasteiger partial charge in [0.15, 0.2) is 0 Å². The number of carbonyl (C=O) groups excluding carboxylic acids is 1. The third-order valence-corrected chi connectivity index (χ3v) is 6.36. The highest BCUT2D eigenvalue weighted by Crippen LogP contribution is 2.32. The van der Waals surface area contributed by atoms with Crippen molar-refractivity contribution >= 4 is 11.7 Å². The second-order valence-corrected chi connectivity index (χ2v) is 8.65. The molecule has 1 aliphatic heterocycles. The summed E-state index contributed by atoms with van der Waals surface area (Å²) in [5.41, 5.74) is 1.50. The number of aryl methyl sites for hydroxylation is 1. The lowest BCUT2D eigenvalue weighted by molar-refractivity contribution is -0.138. The van der Waals surface area contributed by atoms with Crippen LogP contribution in [0.15, 0.2) is 54.9 Å². The first-order valence-electron chi connectivity index (χ1n) is 11.5. The molecule has 0 aliphatic carbocycles. The Morgan fingerprint density at radius 3 is 2.57 bits per heavy atom. The number of aromatic nitrogens is 2. The number of ether oxygens (including phenoxy) is 1. The number of nitrogens with one attached hydrogen (secondary N) is 1. The molecule has 6 nitrogen and oxygen atoms in total. The second kappa shape index (κ2) is 10.3. The van der Waals surface area contributed by atoms with Crippen molar-refractivity contribution in [1.82, 2.24) is 15.3 Å². The molecule has 0 atom stereocenters. The average molecular weight is 485 g/mol. The Bertz CT molecular complexity index is 1190. The van der Waals surface area contributed by atoms with Gasteiger partial charge in [0.1, 0.15) is 17.9 Å². The minimum Gasteiger partial charge on any atom is -0.439 e. The number of halogens is 3. The lowest BCUT2D eigenvalue weighted by Gasteiger charge is -2.32. The van der Waals surface area contributed by atoms with Crippen LogP contribution >= 0.6 is 0 Å². The first-order chi connectivity index (χ1) is 16.7. The van der Waals surface area contributed by atoms with Crippen LogP contribution in [-0.4, -0.2) is 29.0 Å². The van der Waals surface area contributed by atoms with Crippen molar-refractivity contribution in [1.29, 1.82) is 0 Å². The van der Waals surface area contributed by atoms with Crippen LogP contribution in [0.2, 0.25) is 0 Å². The van der Waals surface area contributed by atoms with Crippen LogP contribution in [0.5, 0.6) is 11.6 Å². The number of benzene rings is 2. The van der Waals surface area contributed by atoms with Crippen molar-refractivity contribution < 1.29 is 22.7 Å². The molecule has 1 aromatic heterocycles. The molecular formula is C26H27F3N4O2. The van der Waals surface area contributed by atoms with Crippen LogP contribution < -0.4 is 15.0 Å². The molecule has 1 aliphatic rings. The second-order valence-electron chi connectivity index (χ2n) is 8.65. The SMILES string of the molecule is Cc1cccc(Oc2cc(N3CCC(C(=O)NCc4ccccc4C(F)(F)F)CC3)ncn2)c1C. The van der Waals surface area contributed by atoms with E-state index >= 15 is 0 Å². The van der Waals surface area contributed by atoms with E-state index in [1.807, 2.05) is 32.0 Å². The van der Waals surface area contributed by atoms with E-state index < -0.39 is 11.7 Å². The predicted molar refractivity (Wildman–Crippen MR) is 126 cm³/mol. The van der Waals surface area contributed by atoms with E-state index in [4.69, 9.17) is 4.74 Å². The Labute approximate surface area is 202 Å². The Kier molecular flexibility index (Phi) is 7.23. The molecular weight excluding hydrogens is 457 g/mol. The van der Waals surface area contributed by atoms with Crippen molar-refractivity contribution in [3.63, 3.8) is 0 Å². The molecule has 0 bridgehead atoms. The Morgan fingerprint density at radius 1 is 1.09 bits per heavy atom. The van der Waals surface area contributed by atoms with E-state index in [2.05, 4.69) is 20.2 Å². The van der Waals surface area contributed by atoms with Crippen LogP contribution in [0.3, 0.4) is 0 Å². The molecule has 35 heavy (non-hydrogen) atoms. The minimum absolute atomic E-state index is 0.0585. The van der Waals surface area contributed by atoms with Crippen LogP contribution in [0.4, 0.5) is 19.0 Å². The molecule has 1 fully saturated rings. The fourth-order valence-corrected chi connectivity index (χ4v) is 4.15. The number of piperidine rings is 1. The van der Waals surface area contributed by atoms with Gasteiger partial charge < -0.3 is 15.0 Å². The summed E-state index contributed by atoms with van der Waals surface area (Å²) in [4.78, 5) is 23.3. The quantitative estimate of drug-likeness (QED) is 0.505. The molecule has 9 heteroatoms. The fourth-order valence-electron chi connectivity index (χ4n) is 4.15. The van der Waals surface area contributed by atoms with E-state index in [1.54, 1.807) is 6.07 Å². The molecule has 2 aromatic carbocycles. The summed E-state index contributed by atoms with van der Waals surface area (Å²) in [5, 5.41) is 2.68. The molecule has 4 rings (SSSR count). The predicted octanol–water partition coefficient (Wildman–Crippen LogP) is 5.44. The van der Waals surface area contributed by atoms with Gasteiger partial charge in [-0.15, -0.1) is 0 Å². The minimum atomic E-state index is -4.45. The molecule has 1 amide bonds. The summed E-state index contributed by atoms with van der Waals surface area (Å²) in [7, 11) is 0. The highest BCUT2D eigenvalue weighted by Gasteiger charge is 2.33. The molecule has 184 valence electrons. The number of amides is 1. The Hall–Kier alpha value is -3.62. The van der Waals surface area contributed by atoms with E-state index in [1.165, 1.54) is 24.5 Å². The van der Waals surface area contributed by atoms with Gasteiger partial charge in [-0.05, 0) is 55.5 Å². The average Bonchev–Trinajstić information content (AvgIpc) is 2.85. The summed E-state index contributed by atoms with van der Waals surface area (Å²) >= 11 is 0. The van der Waals surface area contributed by atoms with Crippen LogP contribution in [0, 0.1) is 19.8 Å². The molecule has 0 radical (unpaired) electrons. The standard InChI is InChI=1S/C26H27F3N4O2/c1-17-6-5-9-22(18(17)2)35-24-14-23(31-16-32-24)33-12-10-19(11-13-33)25(34)30-15-20-7-3-4-8-21(20)26(27,28)29/h3-9,14,16,19H,10-13,15H2,1-2H3,(H,30,34). The van der Waals surface area contributed by atoms with Crippen LogP contribution in [-0.2, 0) is 17.5 Å². The van der Waals surface area contributed by atoms with Gasteiger partial charge in [-0.25, -0.2) is 9.97 Å². The molecule has 2 heterocycles. The molecule has 0 unspecified atom stereocenters. The van der Waals surface area contributed by atoms with Gasteiger partial charge >= 0.3 is 6.18 Å². The maximum Gasteiger partial charge on any atom is 0.416 e. The molecule has 3 aromatic rings. The lowest BCUT2D eigenvalue weighted by atomic mass is 9.95. The fraction of sp³-hybridized carbons (Fsp3) is 0.346. The number of carbonyl (C=O) groups is 1. The monoisotopic (exact) mass is 484 g/mol.